The van der Waals surface area contributed by atoms with Gasteiger partial charge in [0.25, 0.3) is 11.7 Å². The average Bonchev–Trinajstić information content (AvgIpc) is 3.25. The number of ether oxygens (including phenoxy) is 1. The number of amides is 1. The first-order chi connectivity index (χ1) is 13.3. The normalized spacial score (nSPS) is 19.0. The van der Waals surface area contributed by atoms with E-state index < -0.39 is 23.5 Å². The summed E-state index contributed by atoms with van der Waals surface area (Å²) in [6, 6.07) is 6.40. The van der Waals surface area contributed by atoms with Gasteiger partial charge in [0.1, 0.15) is 23.4 Å². The zero-order valence-corrected chi connectivity index (χ0v) is 15.9. The van der Waals surface area contributed by atoms with Gasteiger partial charge in [-0.1, -0.05) is 0 Å². The number of hydrogen-bond acceptors (Lipinski definition) is 5. The molecule has 0 aliphatic carbocycles. The maximum atomic E-state index is 13.6. The Labute approximate surface area is 162 Å². The Morgan fingerprint density at radius 1 is 1.32 bits per heavy atom. The number of aliphatic hydroxyl groups is 1. The van der Waals surface area contributed by atoms with Gasteiger partial charge in [0.05, 0.1) is 24.5 Å². The number of nitrogens with zero attached hydrogens (tertiary/aromatic N) is 1. The Kier molecular flexibility index (Phi) is 5.65. The van der Waals surface area contributed by atoms with Crippen molar-refractivity contribution < 1.29 is 28.2 Å². The van der Waals surface area contributed by atoms with E-state index in [1.165, 1.54) is 29.4 Å². The van der Waals surface area contributed by atoms with Crippen LogP contribution in [0.5, 0.6) is 0 Å². The molecule has 1 fully saturated rings. The van der Waals surface area contributed by atoms with Crippen molar-refractivity contribution in [3.63, 3.8) is 0 Å². The van der Waals surface area contributed by atoms with E-state index in [-0.39, 0.29) is 36.2 Å². The minimum Gasteiger partial charge on any atom is -0.507 e. The average molecular weight is 387 g/mol. The Hall–Kier alpha value is -2.93. The first-order valence-corrected chi connectivity index (χ1v) is 9.01. The molecule has 1 aromatic carbocycles. The molecule has 0 spiro atoms. The minimum atomic E-state index is -0.879. The Balaban J connectivity index is 2.05. The molecule has 1 amide bonds. The van der Waals surface area contributed by atoms with Crippen LogP contribution in [0.25, 0.3) is 5.76 Å². The van der Waals surface area contributed by atoms with Crippen LogP contribution in [0.15, 0.2) is 46.6 Å². The van der Waals surface area contributed by atoms with Crippen molar-refractivity contribution in [3.8, 4) is 0 Å². The second-order valence-corrected chi connectivity index (χ2v) is 6.89. The van der Waals surface area contributed by atoms with E-state index in [1.54, 1.807) is 19.1 Å². The Morgan fingerprint density at radius 2 is 2.07 bits per heavy atom. The third-order valence-electron chi connectivity index (χ3n) is 4.57. The van der Waals surface area contributed by atoms with E-state index in [9.17, 15) is 19.1 Å². The number of likely N-dealkylation sites (tertiary alicyclic amines) is 1. The van der Waals surface area contributed by atoms with Crippen molar-refractivity contribution in [2.75, 3.05) is 13.2 Å². The quantitative estimate of drug-likeness (QED) is 0.466. The number of Topliss-reactive ketones (excluding diaryl/α,β-unsaturated/α-hetero) is 1. The highest BCUT2D eigenvalue weighted by atomic mass is 19.1. The molecule has 28 heavy (non-hydrogen) atoms. The lowest BCUT2D eigenvalue weighted by Gasteiger charge is -2.23. The number of furan rings is 1. The summed E-state index contributed by atoms with van der Waals surface area (Å²) in [5.74, 6) is -2.00. The van der Waals surface area contributed by atoms with Crippen LogP contribution in [-0.2, 0) is 14.3 Å². The van der Waals surface area contributed by atoms with E-state index in [4.69, 9.17) is 9.15 Å². The molecule has 0 bridgehead atoms. The molecule has 1 aromatic heterocycles. The first-order valence-electron chi connectivity index (χ1n) is 9.01. The largest absolute Gasteiger partial charge is 0.507 e. The van der Waals surface area contributed by atoms with Crippen molar-refractivity contribution in [3.05, 3.63) is 64.9 Å². The van der Waals surface area contributed by atoms with Crippen LogP contribution in [0.2, 0.25) is 0 Å². The first kappa shape index (κ1) is 19.8. The summed E-state index contributed by atoms with van der Waals surface area (Å²) in [5, 5.41) is 10.8. The van der Waals surface area contributed by atoms with E-state index in [0.717, 1.165) is 0 Å². The summed E-state index contributed by atoms with van der Waals surface area (Å²) in [7, 11) is 0. The molecule has 1 aliphatic heterocycles. The fourth-order valence-corrected chi connectivity index (χ4v) is 3.19. The van der Waals surface area contributed by atoms with Crippen molar-refractivity contribution in [1.82, 2.24) is 4.90 Å². The number of aryl methyl sites for hydroxylation is 1. The summed E-state index contributed by atoms with van der Waals surface area (Å²) in [5.41, 5.74) is 0.487. The summed E-state index contributed by atoms with van der Waals surface area (Å²) >= 11 is 0. The molecule has 0 saturated carbocycles. The molecule has 7 heteroatoms. The van der Waals surface area contributed by atoms with Gasteiger partial charge in [0, 0.05) is 12.1 Å². The lowest BCUT2D eigenvalue weighted by atomic mass is 9.98. The smallest absolute Gasteiger partial charge is 0.295 e. The molecular formula is C21H22FNO5. The maximum Gasteiger partial charge on any atom is 0.295 e. The standard InChI is InChI=1S/C21H22FNO5/c1-12(2)27-10-8-23-18(16-5-4-9-28-16)17(20(25)21(23)26)19(24)14-6-7-15(22)13(3)11-14/h4-7,9,11-12,18,24H,8,10H2,1-3H3/b19-17-. The van der Waals surface area contributed by atoms with E-state index in [0.29, 0.717) is 11.3 Å². The summed E-state index contributed by atoms with van der Waals surface area (Å²) in [4.78, 5) is 26.7. The number of ketones is 1. The number of aliphatic hydroxyl groups excluding tert-OH is 1. The zero-order valence-electron chi connectivity index (χ0n) is 15.9. The third-order valence-corrected chi connectivity index (χ3v) is 4.57. The van der Waals surface area contributed by atoms with Gasteiger partial charge in [-0.25, -0.2) is 4.39 Å². The Morgan fingerprint density at radius 3 is 2.68 bits per heavy atom. The maximum absolute atomic E-state index is 13.6. The van der Waals surface area contributed by atoms with Crippen LogP contribution in [-0.4, -0.2) is 41.0 Å². The van der Waals surface area contributed by atoms with E-state index in [1.807, 2.05) is 13.8 Å². The highest BCUT2D eigenvalue weighted by Gasteiger charge is 2.47. The number of rotatable bonds is 6. The minimum absolute atomic E-state index is 0.0268. The molecule has 3 rings (SSSR count). The number of carbonyl (C=O) groups excluding carboxylic acids is 2. The molecule has 1 saturated heterocycles. The number of benzene rings is 1. The van der Waals surface area contributed by atoms with Crippen molar-refractivity contribution in [2.45, 2.75) is 32.9 Å². The molecule has 1 atom stereocenters. The van der Waals surface area contributed by atoms with Crippen LogP contribution in [0.1, 0.15) is 36.8 Å². The zero-order chi connectivity index (χ0) is 20.4. The molecule has 148 valence electrons. The predicted molar refractivity (Wildman–Crippen MR) is 99.9 cm³/mol. The number of carbonyl (C=O) groups is 2. The molecule has 1 aliphatic rings. The molecular weight excluding hydrogens is 365 g/mol. The fourth-order valence-electron chi connectivity index (χ4n) is 3.19. The van der Waals surface area contributed by atoms with Crippen molar-refractivity contribution in [1.29, 1.82) is 0 Å². The lowest BCUT2D eigenvalue weighted by Crippen LogP contribution is -2.33. The molecule has 1 N–H and O–H groups in total. The SMILES string of the molecule is Cc1cc(/C(O)=C2/C(=O)C(=O)N(CCOC(C)C)C2c2ccco2)ccc1F. The van der Waals surface area contributed by atoms with Crippen LogP contribution in [0, 0.1) is 12.7 Å². The van der Waals surface area contributed by atoms with Gasteiger partial charge in [-0.3, -0.25) is 9.59 Å². The second-order valence-electron chi connectivity index (χ2n) is 6.89. The summed E-state index contributed by atoms with van der Waals surface area (Å²) < 4.78 is 24.5. The van der Waals surface area contributed by atoms with Gasteiger partial charge >= 0.3 is 0 Å². The molecule has 0 radical (unpaired) electrons. The summed E-state index contributed by atoms with van der Waals surface area (Å²) in [6.45, 7) is 5.69. The Bertz CT molecular complexity index is 917. The van der Waals surface area contributed by atoms with Gasteiger partial charge in [0.2, 0.25) is 0 Å². The molecule has 2 heterocycles. The van der Waals surface area contributed by atoms with Crippen molar-refractivity contribution in [2.24, 2.45) is 0 Å². The highest BCUT2D eigenvalue weighted by Crippen LogP contribution is 2.39. The van der Waals surface area contributed by atoms with Crippen LogP contribution < -0.4 is 0 Å². The van der Waals surface area contributed by atoms with Gasteiger partial charge in [-0.05, 0) is 56.7 Å². The summed E-state index contributed by atoms with van der Waals surface area (Å²) in [6.07, 6.45) is 1.41. The van der Waals surface area contributed by atoms with Gasteiger partial charge in [0.15, 0.2) is 0 Å². The van der Waals surface area contributed by atoms with Crippen LogP contribution >= 0.6 is 0 Å². The van der Waals surface area contributed by atoms with Gasteiger partial charge in [-0.2, -0.15) is 0 Å². The predicted octanol–water partition coefficient (Wildman–Crippen LogP) is 3.57. The van der Waals surface area contributed by atoms with Crippen molar-refractivity contribution >= 4 is 17.4 Å². The van der Waals surface area contributed by atoms with E-state index >= 15 is 0 Å². The highest BCUT2D eigenvalue weighted by molar-refractivity contribution is 6.46. The third kappa shape index (κ3) is 3.71. The fraction of sp³-hybridized carbons (Fsp3) is 0.333. The van der Waals surface area contributed by atoms with Gasteiger partial charge < -0.3 is 19.2 Å². The molecule has 6 nitrogen and oxygen atoms in total. The molecule has 1 unspecified atom stereocenters. The topological polar surface area (TPSA) is 80.0 Å². The molecule has 2 aromatic rings. The van der Waals surface area contributed by atoms with Crippen LogP contribution in [0.4, 0.5) is 4.39 Å². The number of halogens is 1. The monoisotopic (exact) mass is 387 g/mol. The number of hydrogen-bond donors (Lipinski definition) is 1. The second kappa shape index (κ2) is 7.98. The van der Waals surface area contributed by atoms with Gasteiger partial charge in [-0.15, -0.1) is 0 Å². The van der Waals surface area contributed by atoms with Crippen LogP contribution in [0.3, 0.4) is 0 Å². The van der Waals surface area contributed by atoms with E-state index in [2.05, 4.69) is 0 Å². The lowest BCUT2D eigenvalue weighted by molar-refractivity contribution is -0.140.